The second-order valence-electron chi connectivity index (χ2n) is 2.85. The molecule has 0 saturated heterocycles. The van der Waals surface area contributed by atoms with Crippen molar-refractivity contribution < 1.29 is 9.53 Å². The van der Waals surface area contributed by atoms with Crippen LogP contribution >= 0.6 is 11.6 Å². The van der Waals surface area contributed by atoms with Gasteiger partial charge in [-0.3, -0.25) is 4.79 Å². The molecule has 1 aliphatic heterocycles. The van der Waals surface area contributed by atoms with Crippen molar-refractivity contribution in [3.63, 3.8) is 0 Å². The molecule has 0 atom stereocenters. The van der Waals surface area contributed by atoms with Crippen LogP contribution in [0.3, 0.4) is 0 Å². The Balaban J connectivity index is 2.51. The standard InChI is InChI=1S/C9H8ClNO2/c1-11-7-4-6(10)2-3-8(7)13-5-9(11)12/h2-4H,5H2,1H3. The average Bonchev–Trinajstić information content (AvgIpc) is 2.12. The van der Waals surface area contributed by atoms with Crippen LogP contribution in [0.4, 0.5) is 5.69 Å². The van der Waals surface area contributed by atoms with Gasteiger partial charge in [0.2, 0.25) is 0 Å². The van der Waals surface area contributed by atoms with Crippen molar-refractivity contribution in [1.29, 1.82) is 0 Å². The minimum atomic E-state index is -0.0604. The summed E-state index contributed by atoms with van der Waals surface area (Å²) in [7, 11) is 1.71. The first-order valence-corrected chi connectivity index (χ1v) is 4.25. The number of rotatable bonds is 0. The van der Waals surface area contributed by atoms with Crippen molar-refractivity contribution in [3.8, 4) is 5.75 Å². The number of amides is 1. The number of hydrogen-bond acceptors (Lipinski definition) is 2. The summed E-state index contributed by atoms with van der Waals surface area (Å²) in [5, 5.41) is 0.601. The summed E-state index contributed by atoms with van der Waals surface area (Å²) < 4.78 is 5.21. The van der Waals surface area contributed by atoms with Crippen LogP contribution in [-0.2, 0) is 4.79 Å². The fraction of sp³-hybridized carbons (Fsp3) is 0.222. The number of anilines is 1. The molecule has 0 spiro atoms. The summed E-state index contributed by atoms with van der Waals surface area (Å²) in [4.78, 5) is 12.8. The molecule has 3 nitrogen and oxygen atoms in total. The number of halogens is 1. The zero-order valence-corrected chi connectivity index (χ0v) is 7.84. The Morgan fingerprint density at radius 1 is 1.54 bits per heavy atom. The van der Waals surface area contributed by atoms with Crippen molar-refractivity contribution in [2.45, 2.75) is 0 Å². The number of ether oxygens (including phenoxy) is 1. The number of carbonyl (C=O) groups excluding carboxylic acids is 1. The molecule has 0 aliphatic carbocycles. The Morgan fingerprint density at radius 3 is 3.08 bits per heavy atom. The molecular weight excluding hydrogens is 190 g/mol. The van der Waals surface area contributed by atoms with E-state index in [1.807, 2.05) is 0 Å². The van der Waals surface area contributed by atoms with Crippen LogP contribution in [0.15, 0.2) is 18.2 Å². The fourth-order valence-corrected chi connectivity index (χ4v) is 1.41. The molecule has 1 aromatic rings. The van der Waals surface area contributed by atoms with Crippen molar-refractivity contribution in [2.75, 3.05) is 18.6 Å². The van der Waals surface area contributed by atoms with Gasteiger partial charge in [0.25, 0.3) is 5.91 Å². The lowest BCUT2D eigenvalue weighted by atomic mass is 10.2. The number of hydrogen-bond donors (Lipinski definition) is 0. The number of likely N-dealkylation sites (N-methyl/N-ethyl adjacent to an activating group) is 1. The third-order valence-electron chi connectivity index (χ3n) is 2.01. The number of fused-ring (bicyclic) bond motifs is 1. The maximum absolute atomic E-state index is 11.2. The quantitative estimate of drug-likeness (QED) is 0.634. The Hall–Kier alpha value is -1.22. The molecule has 0 radical (unpaired) electrons. The zero-order chi connectivity index (χ0) is 9.42. The minimum absolute atomic E-state index is 0.0604. The van der Waals surface area contributed by atoms with E-state index in [-0.39, 0.29) is 12.5 Å². The number of carbonyl (C=O) groups is 1. The molecule has 0 saturated carbocycles. The van der Waals surface area contributed by atoms with Crippen LogP contribution in [0.2, 0.25) is 5.02 Å². The second kappa shape index (κ2) is 2.92. The molecular formula is C9H8ClNO2. The van der Waals surface area contributed by atoms with Gasteiger partial charge in [0.05, 0.1) is 5.69 Å². The lowest BCUT2D eigenvalue weighted by Gasteiger charge is -2.25. The highest BCUT2D eigenvalue weighted by molar-refractivity contribution is 6.31. The average molecular weight is 198 g/mol. The van der Waals surface area contributed by atoms with Crippen LogP contribution in [0.25, 0.3) is 0 Å². The van der Waals surface area contributed by atoms with E-state index < -0.39 is 0 Å². The smallest absolute Gasteiger partial charge is 0.264 e. The molecule has 4 heteroatoms. The molecule has 1 aliphatic rings. The molecule has 1 aromatic carbocycles. The molecule has 0 fully saturated rings. The SMILES string of the molecule is CN1C(=O)COc2ccc(Cl)cc21. The molecule has 68 valence electrons. The molecule has 13 heavy (non-hydrogen) atoms. The first-order chi connectivity index (χ1) is 6.18. The van der Waals surface area contributed by atoms with Gasteiger partial charge in [0.1, 0.15) is 5.75 Å². The van der Waals surface area contributed by atoms with Crippen molar-refractivity contribution in [1.82, 2.24) is 0 Å². The van der Waals surface area contributed by atoms with Crippen LogP contribution in [0, 0.1) is 0 Å². The molecule has 0 N–H and O–H groups in total. The molecule has 2 rings (SSSR count). The van der Waals surface area contributed by atoms with Crippen LogP contribution < -0.4 is 9.64 Å². The molecule has 0 unspecified atom stereocenters. The largest absolute Gasteiger partial charge is 0.482 e. The van der Waals surface area contributed by atoms with Crippen LogP contribution in [0.1, 0.15) is 0 Å². The third kappa shape index (κ3) is 1.35. The van der Waals surface area contributed by atoms with Gasteiger partial charge in [-0.05, 0) is 18.2 Å². The van der Waals surface area contributed by atoms with E-state index in [1.54, 1.807) is 30.1 Å². The third-order valence-corrected chi connectivity index (χ3v) is 2.24. The van der Waals surface area contributed by atoms with E-state index in [0.717, 1.165) is 5.69 Å². The summed E-state index contributed by atoms with van der Waals surface area (Å²) in [6.45, 7) is 0.102. The van der Waals surface area contributed by atoms with E-state index in [4.69, 9.17) is 16.3 Å². The van der Waals surface area contributed by atoms with E-state index >= 15 is 0 Å². The van der Waals surface area contributed by atoms with Crippen molar-refractivity contribution >= 4 is 23.2 Å². The Labute approximate surface area is 80.9 Å². The first-order valence-electron chi connectivity index (χ1n) is 3.87. The predicted octanol–water partition coefficient (Wildman–Crippen LogP) is 1.70. The summed E-state index contributed by atoms with van der Waals surface area (Å²) in [6.07, 6.45) is 0. The van der Waals surface area contributed by atoms with Crippen LogP contribution in [0.5, 0.6) is 5.75 Å². The van der Waals surface area contributed by atoms with E-state index in [2.05, 4.69) is 0 Å². The maximum Gasteiger partial charge on any atom is 0.264 e. The zero-order valence-electron chi connectivity index (χ0n) is 7.08. The topological polar surface area (TPSA) is 29.5 Å². The van der Waals surface area contributed by atoms with Gasteiger partial charge in [0.15, 0.2) is 6.61 Å². The van der Waals surface area contributed by atoms with Gasteiger partial charge in [0, 0.05) is 12.1 Å². The molecule has 0 aromatic heterocycles. The maximum atomic E-state index is 11.2. The number of nitrogens with zero attached hydrogens (tertiary/aromatic N) is 1. The van der Waals surface area contributed by atoms with Gasteiger partial charge in [-0.2, -0.15) is 0 Å². The Bertz CT molecular complexity index is 365. The Kier molecular flexibility index (Phi) is 1.88. The summed E-state index contributed by atoms with van der Waals surface area (Å²) in [5.74, 6) is 0.640. The monoisotopic (exact) mass is 197 g/mol. The highest BCUT2D eigenvalue weighted by Gasteiger charge is 2.21. The van der Waals surface area contributed by atoms with E-state index in [0.29, 0.717) is 10.8 Å². The highest BCUT2D eigenvalue weighted by Crippen LogP contribution is 2.33. The van der Waals surface area contributed by atoms with Crippen molar-refractivity contribution in [2.24, 2.45) is 0 Å². The van der Waals surface area contributed by atoms with Gasteiger partial charge in [-0.15, -0.1) is 0 Å². The summed E-state index contributed by atoms with van der Waals surface area (Å²) in [5.41, 5.74) is 0.726. The Morgan fingerprint density at radius 2 is 2.31 bits per heavy atom. The highest BCUT2D eigenvalue weighted by atomic mass is 35.5. The fourth-order valence-electron chi connectivity index (χ4n) is 1.25. The van der Waals surface area contributed by atoms with Gasteiger partial charge < -0.3 is 9.64 Å². The van der Waals surface area contributed by atoms with E-state index in [9.17, 15) is 4.79 Å². The van der Waals surface area contributed by atoms with Gasteiger partial charge >= 0.3 is 0 Å². The molecule has 1 heterocycles. The van der Waals surface area contributed by atoms with Crippen molar-refractivity contribution in [3.05, 3.63) is 23.2 Å². The second-order valence-corrected chi connectivity index (χ2v) is 3.29. The summed E-state index contributed by atoms with van der Waals surface area (Å²) in [6, 6.07) is 5.22. The molecule has 1 amide bonds. The lowest BCUT2D eigenvalue weighted by Crippen LogP contribution is -2.35. The minimum Gasteiger partial charge on any atom is -0.482 e. The lowest BCUT2D eigenvalue weighted by molar-refractivity contribution is -0.120. The molecule has 0 bridgehead atoms. The van der Waals surface area contributed by atoms with Gasteiger partial charge in [-0.1, -0.05) is 11.6 Å². The first kappa shape index (κ1) is 8.38. The van der Waals surface area contributed by atoms with E-state index in [1.165, 1.54) is 0 Å². The summed E-state index contributed by atoms with van der Waals surface area (Å²) >= 11 is 5.80. The van der Waals surface area contributed by atoms with Gasteiger partial charge in [-0.25, -0.2) is 0 Å². The van der Waals surface area contributed by atoms with Crippen LogP contribution in [-0.4, -0.2) is 19.6 Å². The number of benzene rings is 1. The predicted molar refractivity (Wildman–Crippen MR) is 50.4 cm³/mol. The normalized spacial score (nSPS) is 15.2.